The van der Waals surface area contributed by atoms with Crippen LogP contribution < -0.4 is 15.1 Å². The van der Waals surface area contributed by atoms with Crippen LogP contribution in [-0.2, 0) is 6.42 Å². The van der Waals surface area contributed by atoms with Crippen LogP contribution in [0.4, 0.5) is 11.5 Å². The maximum absolute atomic E-state index is 12.3. The number of hydrogen-bond donors (Lipinski definition) is 2. The van der Waals surface area contributed by atoms with Gasteiger partial charge in [0.15, 0.2) is 5.82 Å². The van der Waals surface area contributed by atoms with Gasteiger partial charge in [-0.2, -0.15) is 5.10 Å². The molecular formula is C21H21N5O2. The Morgan fingerprint density at radius 3 is 2.50 bits per heavy atom. The summed E-state index contributed by atoms with van der Waals surface area (Å²) in [7, 11) is 0. The van der Waals surface area contributed by atoms with Crippen molar-refractivity contribution in [2.75, 3.05) is 36.0 Å². The summed E-state index contributed by atoms with van der Waals surface area (Å²) in [5.41, 5.74) is 4.10. The van der Waals surface area contributed by atoms with Crippen LogP contribution in [0.5, 0.6) is 0 Å². The average Bonchev–Trinajstić information content (AvgIpc) is 3.28. The Kier molecular flexibility index (Phi) is 3.82. The second-order valence-electron chi connectivity index (χ2n) is 7.19. The number of H-pyrrole nitrogens is 1. The minimum Gasteiger partial charge on any atom is -0.368 e. The quantitative estimate of drug-likeness (QED) is 0.687. The lowest BCUT2D eigenvalue weighted by Crippen LogP contribution is -2.47. The van der Waals surface area contributed by atoms with E-state index in [1.165, 1.54) is 0 Å². The molecule has 7 nitrogen and oxygen atoms in total. The third-order valence-electron chi connectivity index (χ3n) is 5.71. The van der Waals surface area contributed by atoms with Gasteiger partial charge in [-0.05, 0) is 36.2 Å². The number of carbonyl (C=O) groups is 2. The lowest BCUT2D eigenvalue weighted by molar-refractivity contribution is 0.0879. The Balaban J connectivity index is 1.41. The number of imide groups is 1. The number of nitrogens with zero attached hydrogens (tertiary/aromatic N) is 3. The molecule has 2 aromatic carbocycles. The number of aromatic nitrogens is 2. The van der Waals surface area contributed by atoms with Gasteiger partial charge in [0.05, 0.1) is 16.6 Å². The van der Waals surface area contributed by atoms with Crippen molar-refractivity contribution >= 4 is 34.2 Å². The summed E-state index contributed by atoms with van der Waals surface area (Å²) in [5.74, 6) is 0.418. The van der Waals surface area contributed by atoms with E-state index in [1.54, 1.807) is 6.07 Å². The highest BCUT2D eigenvalue weighted by Crippen LogP contribution is 2.32. The molecule has 2 aliphatic rings. The van der Waals surface area contributed by atoms with Gasteiger partial charge in [0.2, 0.25) is 0 Å². The molecule has 28 heavy (non-hydrogen) atoms. The van der Waals surface area contributed by atoms with Gasteiger partial charge >= 0.3 is 0 Å². The summed E-state index contributed by atoms with van der Waals surface area (Å²) < 4.78 is 0. The molecule has 2 aliphatic heterocycles. The summed E-state index contributed by atoms with van der Waals surface area (Å²) >= 11 is 0. The molecule has 7 heteroatoms. The van der Waals surface area contributed by atoms with Crippen molar-refractivity contribution in [1.29, 1.82) is 0 Å². The van der Waals surface area contributed by atoms with Gasteiger partial charge in [0, 0.05) is 37.3 Å². The summed E-state index contributed by atoms with van der Waals surface area (Å²) in [6.45, 7) is 5.40. The molecule has 0 atom stereocenters. The molecule has 1 aromatic heterocycles. The zero-order valence-corrected chi connectivity index (χ0v) is 15.7. The number of anilines is 2. The van der Waals surface area contributed by atoms with Gasteiger partial charge in [-0.1, -0.05) is 19.1 Å². The van der Waals surface area contributed by atoms with Crippen LogP contribution in [0.25, 0.3) is 10.9 Å². The molecule has 0 bridgehead atoms. The molecule has 1 fully saturated rings. The zero-order valence-electron chi connectivity index (χ0n) is 15.7. The molecule has 1 saturated heterocycles. The largest absolute Gasteiger partial charge is 0.368 e. The van der Waals surface area contributed by atoms with Crippen LogP contribution in [-0.4, -0.2) is 48.2 Å². The summed E-state index contributed by atoms with van der Waals surface area (Å²) in [6, 6.07) is 11.9. The molecular weight excluding hydrogens is 354 g/mol. The second-order valence-corrected chi connectivity index (χ2v) is 7.19. The average molecular weight is 375 g/mol. The zero-order chi connectivity index (χ0) is 19.3. The Labute approximate surface area is 162 Å². The maximum Gasteiger partial charge on any atom is 0.259 e. The number of nitrogens with one attached hydrogen (secondary N) is 2. The first kappa shape index (κ1) is 16.8. The van der Waals surface area contributed by atoms with Crippen LogP contribution in [0.1, 0.15) is 33.2 Å². The molecule has 0 aliphatic carbocycles. The lowest BCUT2D eigenvalue weighted by atomic mass is 9.97. The first-order valence-electron chi connectivity index (χ1n) is 9.62. The Bertz CT molecular complexity index is 1100. The third kappa shape index (κ3) is 2.46. The van der Waals surface area contributed by atoms with Crippen molar-refractivity contribution in [2.24, 2.45) is 0 Å². The fraction of sp³-hybridized carbons (Fsp3) is 0.286. The van der Waals surface area contributed by atoms with Crippen LogP contribution in [0.3, 0.4) is 0 Å². The molecule has 3 aromatic rings. The fourth-order valence-corrected chi connectivity index (χ4v) is 4.32. The van der Waals surface area contributed by atoms with Gasteiger partial charge in [-0.15, -0.1) is 0 Å². The number of aromatic amines is 1. The van der Waals surface area contributed by atoms with Crippen molar-refractivity contribution in [3.63, 3.8) is 0 Å². The lowest BCUT2D eigenvalue weighted by Gasteiger charge is -2.37. The van der Waals surface area contributed by atoms with E-state index in [-0.39, 0.29) is 11.8 Å². The number of hydrogen-bond acceptors (Lipinski definition) is 5. The van der Waals surface area contributed by atoms with Crippen LogP contribution >= 0.6 is 0 Å². The normalized spacial score (nSPS) is 16.6. The predicted molar refractivity (Wildman–Crippen MR) is 108 cm³/mol. The highest BCUT2D eigenvalue weighted by molar-refractivity contribution is 6.22. The predicted octanol–water partition coefficient (Wildman–Crippen LogP) is 2.34. The van der Waals surface area contributed by atoms with E-state index in [4.69, 9.17) is 0 Å². The minimum absolute atomic E-state index is 0.277. The molecule has 0 spiro atoms. The van der Waals surface area contributed by atoms with Crippen molar-refractivity contribution in [3.05, 3.63) is 53.1 Å². The van der Waals surface area contributed by atoms with E-state index < -0.39 is 0 Å². The molecule has 142 valence electrons. The Hall–Kier alpha value is -3.35. The van der Waals surface area contributed by atoms with E-state index in [0.29, 0.717) is 17.5 Å². The second kappa shape index (κ2) is 6.37. The van der Waals surface area contributed by atoms with Gasteiger partial charge in [-0.3, -0.25) is 20.0 Å². The number of piperazine rings is 1. The van der Waals surface area contributed by atoms with Gasteiger partial charge in [0.25, 0.3) is 11.8 Å². The van der Waals surface area contributed by atoms with Crippen molar-refractivity contribution in [3.8, 4) is 0 Å². The smallest absolute Gasteiger partial charge is 0.259 e. The van der Waals surface area contributed by atoms with E-state index in [2.05, 4.69) is 31.4 Å². The number of rotatable bonds is 3. The summed E-state index contributed by atoms with van der Waals surface area (Å²) in [6.07, 6.45) is 0.712. The molecule has 2 amide bonds. The molecule has 0 saturated carbocycles. The minimum atomic E-state index is -0.295. The van der Waals surface area contributed by atoms with Crippen LogP contribution in [0.15, 0.2) is 36.4 Å². The van der Waals surface area contributed by atoms with Gasteiger partial charge in [0.1, 0.15) is 0 Å². The Morgan fingerprint density at radius 1 is 0.964 bits per heavy atom. The summed E-state index contributed by atoms with van der Waals surface area (Å²) in [4.78, 5) is 28.8. The SMILES string of the molecule is CCc1c(N2CCN(c3n[nH]c4ccccc34)CC2)ccc2c1C(=O)NC2=O. The third-order valence-corrected chi connectivity index (χ3v) is 5.71. The highest BCUT2D eigenvalue weighted by Gasteiger charge is 2.32. The molecule has 5 rings (SSSR count). The van der Waals surface area contributed by atoms with Gasteiger partial charge < -0.3 is 9.80 Å². The number of carbonyl (C=O) groups excluding carboxylic acids is 2. The van der Waals surface area contributed by atoms with E-state index >= 15 is 0 Å². The van der Waals surface area contributed by atoms with E-state index in [1.807, 2.05) is 31.2 Å². The van der Waals surface area contributed by atoms with Crippen LogP contribution in [0, 0.1) is 0 Å². The number of para-hydroxylation sites is 1. The monoisotopic (exact) mass is 375 g/mol. The maximum atomic E-state index is 12.3. The van der Waals surface area contributed by atoms with Crippen molar-refractivity contribution in [2.45, 2.75) is 13.3 Å². The number of amides is 2. The molecule has 0 unspecified atom stereocenters. The molecule has 2 N–H and O–H groups in total. The first-order chi connectivity index (χ1) is 13.7. The topological polar surface area (TPSA) is 81.3 Å². The van der Waals surface area contributed by atoms with E-state index in [0.717, 1.165) is 54.2 Å². The van der Waals surface area contributed by atoms with Crippen molar-refractivity contribution in [1.82, 2.24) is 15.5 Å². The van der Waals surface area contributed by atoms with Crippen molar-refractivity contribution < 1.29 is 9.59 Å². The molecule has 3 heterocycles. The fourth-order valence-electron chi connectivity index (χ4n) is 4.32. The van der Waals surface area contributed by atoms with E-state index in [9.17, 15) is 9.59 Å². The highest BCUT2D eigenvalue weighted by atomic mass is 16.2. The van der Waals surface area contributed by atoms with Crippen LogP contribution in [0.2, 0.25) is 0 Å². The Morgan fingerprint density at radius 2 is 1.71 bits per heavy atom. The molecule has 0 radical (unpaired) electrons. The summed E-state index contributed by atoms with van der Waals surface area (Å²) in [5, 5.41) is 11.2. The number of benzene rings is 2. The standard InChI is InChI=1S/C21H21N5O2/c1-2-13-17(8-7-15-18(13)21(28)22-20(15)27)25-9-11-26(12-10-25)19-14-5-3-4-6-16(14)23-24-19/h3-8H,2,9-12H2,1H3,(H,23,24)(H,22,27,28). The van der Waals surface area contributed by atoms with Gasteiger partial charge in [-0.25, -0.2) is 0 Å². The number of fused-ring (bicyclic) bond motifs is 2. The first-order valence-corrected chi connectivity index (χ1v) is 9.62.